The molecule has 0 spiro atoms. The number of hydrogen-bond donors (Lipinski definition) is 1. The van der Waals surface area contributed by atoms with Crippen molar-refractivity contribution in [2.75, 3.05) is 29.5 Å². The van der Waals surface area contributed by atoms with Crippen molar-refractivity contribution in [3.63, 3.8) is 0 Å². The Morgan fingerprint density at radius 1 is 1.38 bits per heavy atom. The zero-order valence-electron chi connectivity index (χ0n) is 13.5. The number of sulfonamides is 1. The predicted octanol–water partition coefficient (Wildman–Crippen LogP) is 2.51. The summed E-state index contributed by atoms with van der Waals surface area (Å²) in [5, 5.41) is 3.29. The van der Waals surface area contributed by atoms with Gasteiger partial charge in [-0.3, -0.25) is 4.31 Å². The van der Waals surface area contributed by atoms with Gasteiger partial charge in [-0.05, 0) is 37.1 Å². The van der Waals surface area contributed by atoms with E-state index in [-0.39, 0.29) is 5.28 Å². The van der Waals surface area contributed by atoms with Crippen molar-refractivity contribution in [3.8, 4) is 5.75 Å². The maximum Gasteiger partial charge on any atom is 0.232 e. The van der Waals surface area contributed by atoms with Crippen molar-refractivity contribution in [1.29, 1.82) is 0 Å². The Labute approximate surface area is 145 Å². The number of aromatic nitrogens is 2. The number of benzene rings is 1. The Hall–Kier alpha value is -2.06. The summed E-state index contributed by atoms with van der Waals surface area (Å²) in [6.45, 7) is 2.23. The van der Waals surface area contributed by atoms with Gasteiger partial charge in [0.25, 0.3) is 0 Å². The van der Waals surface area contributed by atoms with Gasteiger partial charge in [-0.15, -0.1) is 0 Å². The first-order valence-corrected chi connectivity index (χ1v) is 9.47. The standard InChI is InChI=1S/C15H17ClN4O3S/c1-9-8-17-15(16)19-14(9)18-11-4-5-12(23-2)10-6-7-20(13(10)11)24(3,21)22/h4-5,8H,6-7H2,1-3H3,(H,17,18,19). The molecule has 0 amide bonds. The molecule has 1 aliphatic heterocycles. The number of methoxy groups -OCH3 is 1. The predicted molar refractivity (Wildman–Crippen MR) is 93.9 cm³/mol. The average molecular weight is 369 g/mol. The van der Waals surface area contributed by atoms with Crippen molar-refractivity contribution in [1.82, 2.24) is 9.97 Å². The molecule has 7 nitrogen and oxygen atoms in total. The minimum absolute atomic E-state index is 0.119. The van der Waals surface area contributed by atoms with Crippen LogP contribution in [0.5, 0.6) is 5.75 Å². The van der Waals surface area contributed by atoms with Gasteiger partial charge >= 0.3 is 0 Å². The molecule has 3 rings (SSSR count). The molecule has 2 aromatic rings. The van der Waals surface area contributed by atoms with Gasteiger partial charge in [0, 0.05) is 23.9 Å². The van der Waals surface area contributed by atoms with Crippen LogP contribution in [0.2, 0.25) is 5.28 Å². The summed E-state index contributed by atoms with van der Waals surface area (Å²) in [5.74, 6) is 1.20. The molecule has 128 valence electrons. The summed E-state index contributed by atoms with van der Waals surface area (Å²) in [5.41, 5.74) is 2.87. The molecule has 1 aromatic carbocycles. The number of nitrogens with one attached hydrogen (secondary N) is 1. The van der Waals surface area contributed by atoms with Crippen LogP contribution in [0.4, 0.5) is 17.2 Å². The van der Waals surface area contributed by atoms with Crippen LogP contribution in [0.1, 0.15) is 11.1 Å². The average Bonchev–Trinajstić information content (AvgIpc) is 2.97. The molecule has 1 N–H and O–H groups in total. The molecule has 0 radical (unpaired) electrons. The van der Waals surface area contributed by atoms with Crippen LogP contribution in [0.15, 0.2) is 18.3 Å². The Balaban J connectivity index is 2.13. The van der Waals surface area contributed by atoms with E-state index in [1.54, 1.807) is 19.4 Å². The lowest BCUT2D eigenvalue weighted by molar-refractivity contribution is 0.411. The highest BCUT2D eigenvalue weighted by Gasteiger charge is 2.31. The number of anilines is 3. The second-order valence-electron chi connectivity index (χ2n) is 5.52. The summed E-state index contributed by atoms with van der Waals surface area (Å²) in [7, 11) is -1.83. The van der Waals surface area contributed by atoms with Crippen LogP contribution in [0, 0.1) is 6.92 Å². The Bertz CT molecular complexity index is 902. The van der Waals surface area contributed by atoms with E-state index in [1.807, 2.05) is 13.0 Å². The number of aryl methyl sites for hydroxylation is 1. The van der Waals surface area contributed by atoms with E-state index in [1.165, 1.54) is 10.6 Å². The molecule has 24 heavy (non-hydrogen) atoms. The van der Waals surface area contributed by atoms with Crippen LogP contribution in [-0.2, 0) is 16.4 Å². The van der Waals surface area contributed by atoms with Gasteiger partial charge in [-0.2, -0.15) is 0 Å². The molecule has 9 heteroatoms. The molecule has 0 atom stereocenters. The highest BCUT2D eigenvalue weighted by Crippen LogP contribution is 2.43. The molecule has 0 fully saturated rings. The first kappa shape index (κ1) is 16.8. The third-order valence-electron chi connectivity index (χ3n) is 3.87. The minimum atomic E-state index is -3.40. The minimum Gasteiger partial charge on any atom is -0.496 e. The number of ether oxygens (including phenoxy) is 1. The lowest BCUT2D eigenvalue weighted by Crippen LogP contribution is -2.28. The number of rotatable bonds is 4. The molecule has 0 bridgehead atoms. The molecule has 1 aromatic heterocycles. The number of halogens is 1. The zero-order valence-corrected chi connectivity index (χ0v) is 15.1. The number of hydrogen-bond acceptors (Lipinski definition) is 6. The van der Waals surface area contributed by atoms with Gasteiger partial charge in [0.2, 0.25) is 15.3 Å². The Morgan fingerprint density at radius 2 is 2.12 bits per heavy atom. The first-order valence-electron chi connectivity index (χ1n) is 7.25. The van der Waals surface area contributed by atoms with Crippen molar-refractivity contribution in [3.05, 3.63) is 34.7 Å². The Kier molecular flexibility index (Phi) is 4.27. The first-order chi connectivity index (χ1) is 11.3. The highest BCUT2D eigenvalue weighted by atomic mass is 35.5. The van der Waals surface area contributed by atoms with E-state index < -0.39 is 10.0 Å². The van der Waals surface area contributed by atoms with Crippen LogP contribution < -0.4 is 14.4 Å². The fourth-order valence-corrected chi connectivity index (χ4v) is 3.86. The maximum absolute atomic E-state index is 12.1. The number of fused-ring (bicyclic) bond motifs is 1. The van der Waals surface area contributed by atoms with Crippen LogP contribution in [0.25, 0.3) is 0 Å². The fraction of sp³-hybridized carbons (Fsp3) is 0.333. The van der Waals surface area contributed by atoms with Crippen molar-refractivity contribution >= 4 is 38.8 Å². The largest absolute Gasteiger partial charge is 0.496 e. The summed E-state index contributed by atoms with van der Waals surface area (Å²) >= 11 is 5.86. The smallest absolute Gasteiger partial charge is 0.232 e. The fourth-order valence-electron chi connectivity index (χ4n) is 2.77. The second kappa shape index (κ2) is 6.10. The van der Waals surface area contributed by atoms with Crippen molar-refractivity contribution in [2.45, 2.75) is 13.3 Å². The van der Waals surface area contributed by atoms with Crippen LogP contribution >= 0.6 is 11.6 Å². The molecule has 0 aliphatic carbocycles. The van der Waals surface area contributed by atoms with E-state index in [0.29, 0.717) is 35.9 Å². The van der Waals surface area contributed by atoms with E-state index >= 15 is 0 Å². The van der Waals surface area contributed by atoms with Crippen molar-refractivity contribution < 1.29 is 13.2 Å². The summed E-state index contributed by atoms with van der Waals surface area (Å²) < 4.78 is 31.0. The third kappa shape index (κ3) is 2.99. The maximum atomic E-state index is 12.1. The van der Waals surface area contributed by atoms with E-state index in [2.05, 4.69) is 15.3 Å². The van der Waals surface area contributed by atoms with Gasteiger partial charge in [-0.25, -0.2) is 18.4 Å². The lowest BCUT2D eigenvalue weighted by atomic mass is 10.1. The van der Waals surface area contributed by atoms with Crippen LogP contribution in [-0.4, -0.2) is 38.3 Å². The quantitative estimate of drug-likeness (QED) is 0.835. The Morgan fingerprint density at radius 3 is 2.79 bits per heavy atom. The van der Waals surface area contributed by atoms with E-state index in [4.69, 9.17) is 16.3 Å². The topological polar surface area (TPSA) is 84.4 Å². The molecular formula is C15H17ClN4O3S. The monoisotopic (exact) mass is 368 g/mol. The number of nitrogens with zero attached hydrogens (tertiary/aromatic N) is 3. The third-order valence-corrected chi connectivity index (χ3v) is 5.22. The molecule has 0 saturated carbocycles. The van der Waals surface area contributed by atoms with Gasteiger partial charge in [0.1, 0.15) is 11.6 Å². The molecular weight excluding hydrogens is 352 g/mol. The second-order valence-corrected chi connectivity index (χ2v) is 7.77. The highest BCUT2D eigenvalue weighted by molar-refractivity contribution is 7.92. The lowest BCUT2D eigenvalue weighted by Gasteiger charge is -2.21. The van der Waals surface area contributed by atoms with Gasteiger partial charge < -0.3 is 10.1 Å². The summed E-state index contributed by atoms with van der Waals surface area (Å²) in [4.78, 5) is 8.09. The summed E-state index contributed by atoms with van der Waals surface area (Å²) in [6.07, 6.45) is 3.39. The van der Waals surface area contributed by atoms with Gasteiger partial charge in [0.05, 0.1) is 24.7 Å². The molecule has 0 unspecified atom stereocenters. The normalized spacial score (nSPS) is 13.8. The zero-order chi connectivity index (χ0) is 17.5. The SMILES string of the molecule is COc1ccc(Nc2nc(Cl)ncc2C)c2c1CCN2S(C)(=O)=O. The van der Waals surface area contributed by atoms with Crippen molar-refractivity contribution in [2.24, 2.45) is 0 Å². The summed E-state index contributed by atoms with van der Waals surface area (Å²) in [6, 6.07) is 3.59. The molecule has 1 aliphatic rings. The van der Waals surface area contributed by atoms with Crippen LogP contribution in [0.3, 0.4) is 0 Å². The molecule has 2 heterocycles. The van der Waals surface area contributed by atoms with E-state index in [9.17, 15) is 8.42 Å². The van der Waals surface area contributed by atoms with Gasteiger partial charge in [-0.1, -0.05) is 0 Å². The molecule has 0 saturated heterocycles. The van der Waals surface area contributed by atoms with Gasteiger partial charge in [0.15, 0.2) is 0 Å². The van der Waals surface area contributed by atoms with E-state index in [0.717, 1.165) is 11.1 Å².